The largest absolute Gasteiger partial charge is 0.334 e. The van der Waals surface area contributed by atoms with E-state index in [1.165, 1.54) is 12.1 Å². The van der Waals surface area contributed by atoms with Crippen molar-refractivity contribution in [2.75, 3.05) is 5.32 Å². The summed E-state index contributed by atoms with van der Waals surface area (Å²) in [5, 5.41) is 8.19. The number of carbonyl (C=O) groups excluding carboxylic acids is 1. The highest BCUT2D eigenvalue weighted by Crippen LogP contribution is 2.26. The lowest BCUT2D eigenvalue weighted by Gasteiger charge is -2.05. The van der Waals surface area contributed by atoms with Crippen molar-refractivity contribution >= 4 is 22.6 Å². The van der Waals surface area contributed by atoms with Crippen molar-refractivity contribution in [2.24, 2.45) is 0 Å². The van der Waals surface area contributed by atoms with Gasteiger partial charge in [0.15, 0.2) is 11.7 Å². The molecule has 3 aromatic rings. The lowest BCUT2D eigenvalue weighted by atomic mass is 10.1. The summed E-state index contributed by atoms with van der Waals surface area (Å²) in [6, 6.07) is 12.2. The van der Waals surface area contributed by atoms with E-state index in [0.29, 0.717) is 12.4 Å². The highest BCUT2D eigenvalue weighted by atomic mass is 19.1. The number of halogens is 1. The Labute approximate surface area is 133 Å². The molecule has 1 heterocycles. The van der Waals surface area contributed by atoms with E-state index in [4.69, 9.17) is 0 Å². The average Bonchev–Trinajstić information content (AvgIpc) is 2.88. The van der Waals surface area contributed by atoms with E-state index >= 15 is 0 Å². The molecule has 118 valence electrons. The third-order valence-electron chi connectivity index (χ3n) is 3.70. The number of anilines is 1. The van der Waals surface area contributed by atoms with Crippen LogP contribution in [0.4, 0.5) is 10.2 Å². The van der Waals surface area contributed by atoms with E-state index in [1.807, 2.05) is 29.8 Å². The Morgan fingerprint density at radius 2 is 2.00 bits per heavy atom. The van der Waals surface area contributed by atoms with E-state index in [1.54, 1.807) is 12.1 Å². The van der Waals surface area contributed by atoms with Gasteiger partial charge in [0.05, 0.1) is 12.1 Å². The van der Waals surface area contributed by atoms with Gasteiger partial charge in [-0.05, 0) is 36.2 Å². The first-order valence-corrected chi connectivity index (χ1v) is 7.38. The number of aryl methyl sites for hydroxylation is 1. The smallest absolute Gasteiger partial charge is 0.195 e. The quantitative estimate of drug-likeness (QED) is 0.747. The maximum Gasteiger partial charge on any atom is 0.195 e. The molecule has 0 radical (unpaired) electrons. The Balaban J connectivity index is 2.05. The number of aromatic nitrogens is 2. The van der Waals surface area contributed by atoms with Crippen LogP contribution in [-0.4, -0.2) is 15.7 Å². The molecule has 0 saturated carbocycles. The van der Waals surface area contributed by atoms with Crippen LogP contribution in [0.5, 0.6) is 0 Å². The van der Waals surface area contributed by atoms with Gasteiger partial charge in [0.2, 0.25) is 0 Å². The van der Waals surface area contributed by atoms with E-state index < -0.39 is 0 Å². The molecule has 5 heteroatoms. The van der Waals surface area contributed by atoms with Crippen LogP contribution >= 0.6 is 0 Å². The highest BCUT2D eigenvalue weighted by molar-refractivity contribution is 6.00. The minimum absolute atomic E-state index is 0.151. The van der Waals surface area contributed by atoms with Gasteiger partial charge >= 0.3 is 0 Å². The zero-order valence-electron chi connectivity index (χ0n) is 12.8. The van der Waals surface area contributed by atoms with E-state index in [9.17, 15) is 9.18 Å². The third-order valence-corrected chi connectivity index (χ3v) is 3.70. The Hall–Kier alpha value is -2.69. The van der Waals surface area contributed by atoms with Gasteiger partial charge in [0.1, 0.15) is 5.82 Å². The van der Waals surface area contributed by atoms with Gasteiger partial charge in [-0.1, -0.05) is 24.3 Å². The lowest BCUT2D eigenvalue weighted by molar-refractivity contribution is -0.115. The third kappa shape index (κ3) is 3.08. The first kappa shape index (κ1) is 15.2. The number of fused-ring (bicyclic) bond motifs is 1. The second kappa shape index (κ2) is 6.20. The molecular formula is C18H17FN3O-. The fourth-order valence-electron chi connectivity index (χ4n) is 2.58. The first-order chi connectivity index (χ1) is 11.1. The second-order valence-electron chi connectivity index (χ2n) is 5.40. The fraction of sp³-hybridized carbons (Fsp3) is 0.167. The summed E-state index contributed by atoms with van der Waals surface area (Å²) in [6.45, 7) is 6.08. The van der Waals surface area contributed by atoms with Crippen molar-refractivity contribution < 1.29 is 9.18 Å². The molecule has 0 atom stereocenters. The molecule has 0 aliphatic rings. The predicted octanol–water partition coefficient (Wildman–Crippen LogP) is 3.69. The molecule has 4 nitrogen and oxygen atoms in total. The molecule has 1 aromatic heterocycles. The van der Waals surface area contributed by atoms with Gasteiger partial charge in [-0.25, -0.2) is 4.39 Å². The molecule has 0 aliphatic carbocycles. The fourth-order valence-corrected chi connectivity index (χ4v) is 2.58. The molecule has 1 amide bonds. The molecule has 0 saturated heterocycles. The standard InChI is InChI=1S/C18H17FN3O/c1-3-16(23)20-18-15-6-4-5-12(2)17(15)22(21-18)11-13-7-9-14(19)10-8-13/h4-10H,1,3,11H2,2H3,(H,20,21,23)/q-1. The maximum absolute atomic E-state index is 13.1. The summed E-state index contributed by atoms with van der Waals surface area (Å²) >= 11 is 0. The molecule has 0 aliphatic heterocycles. The Bertz CT molecular complexity index is 853. The number of hydrogen-bond acceptors (Lipinski definition) is 2. The van der Waals surface area contributed by atoms with E-state index in [0.717, 1.165) is 22.0 Å². The number of carbonyl (C=O) groups is 1. The number of amides is 1. The SMILES string of the molecule is [CH2-]CC(=O)Nc1nn(Cc2ccc(F)cc2)c2c(C)cccc12. The summed E-state index contributed by atoms with van der Waals surface area (Å²) in [5.41, 5.74) is 2.96. The molecule has 0 spiro atoms. The zero-order chi connectivity index (χ0) is 16.4. The van der Waals surface area contributed by atoms with Crippen molar-refractivity contribution in [1.82, 2.24) is 9.78 Å². The van der Waals surface area contributed by atoms with E-state index in [-0.39, 0.29) is 18.1 Å². The normalized spacial score (nSPS) is 10.9. The molecule has 0 unspecified atom stereocenters. The Morgan fingerprint density at radius 1 is 1.26 bits per heavy atom. The van der Waals surface area contributed by atoms with Crippen LogP contribution in [0.15, 0.2) is 42.5 Å². The van der Waals surface area contributed by atoms with Gasteiger partial charge in [-0.15, -0.1) is 6.42 Å². The summed E-state index contributed by atoms with van der Waals surface area (Å²) in [5.74, 6) is 0.0814. The lowest BCUT2D eigenvalue weighted by Crippen LogP contribution is -2.11. The zero-order valence-corrected chi connectivity index (χ0v) is 12.8. The topological polar surface area (TPSA) is 46.9 Å². The van der Waals surface area contributed by atoms with Crippen molar-refractivity contribution in [3.63, 3.8) is 0 Å². The van der Waals surface area contributed by atoms with Crippen LogP contribution in [0.25, 0.3) is 10.9 Å². The van der Waals surface area contributed by atoms with Crippen LogP contribution < -0.4 is 5.32 Å². The van der Waals surface area contributed by atoms with Crippen molar-refractivity contribution in [3.8, 4) is 0 Å². The molecule has 1 N–H and O–H groups in total. The van der Waals surface area contributed by atoms with Gasteiger partial charge < -0.3 is 12.2 Å². The molecule has 0 fully saturated rings. The Morgan fingerprint density at radius 3 is 2.70 bits per heavy atom. The number of para-hydroxylation sites is 1. The number of benzene rings is 2. The van der Waals surface area contributed by atoms with Gasteiger partial charge in [0, 0.05) is 5.39 Å². The van der Waals surface area contributed by atoms with Crippen LogP contribution in [0.3, 0.4) is 0 Å². The minimum atomic E-state index is -0.265. The van der Waals surface area contributed by atoms with Crippen molar-refractivity contribution in [2.45, 2.75) is 19.9 Å². The molecule has 0 bridgehead atoms. The predicted molar refractivity (Wildman–Crippen MR) is 88.6 cm³/mol. The summed E-state index contributed by atoms with van der Waals surface area (Å²) in [4.78, 5) is 11.7. The summed E-state index contributed by atoms with van der Waals surface area (Å²) in [6.07, 6.45) is 0.151. The van der Waals surface area contributed by atoms with Crippen molar-refractivity contribution in [1.29, 1.82) is 0 Å². The van der Waals surface area contributed by atoms with Crippen LogP contribution in [-0.2, 0) is 11.3 Å². The van der Waals surface area contributed by atoms with Gasteiger partial charge in [-0.3, -0.25) is 9.48 Å². The average molecular weight is 310 g/mol. The molecule has 3 rings (SSSR count). The number of rotatable bonds is 4. The molecule has 2 aromatic carbocycles. The number of nitrogens with one attached hydrogen (secondary N) is 1. The summed E-state index contributed by atoms with van der Waals surface area (Å²) < 4.78 is 14.9. The van der Waals surface area contributed by atoms with Gasteiger partial charge in [-0.2, -0.15) is 5.10 Å². The van der Waals surface area contributed by atoms with E-state index in [2.05, 4.69) is 17.3 Å². The summed E-state index contributed by atoms with van der Waals surface area (Å²) in [7, 11) is 0. The highest BCUT2D eigenvalue weighted by Gasteiger charge is 2.13. The van der Waals surface area contributed by atoms with Crippen molar-refractivity contribution in [3.05, 3.63) is 66.3 Å². The Kier molecular flexibility index (Phi) is 4.10. The number of hydrogen-bond donors (Lipinski definition) is 1. The maximum atomic E-state index is 13.1. The van der Waals surface area contributed by atoms with Crippen LogP contribution in [0, 0.1) is 19.7 Å². The number of nitrogens with zero attached hydrogens (tertiary/aromatic N) is 2. The van der Waals surface area contributed by atoms with Crippen LogP contribution in [0.2, 0.25) is 0 Å². The molecular weight excluding hydrogens is 293 g/mol. The molecule has 23 heavy (non-hydrogen) atoms. The van der Waals surface area contributed by atoms with Gasteiger partial charge in [0.25, 0.3) is 0 Å². The second-order valence-corrected chi connectivity index (χ2v) is 5.40. The minimum Gasteiger partial charge on any atom is -0.334 e. The van der Waals surface area contributed by atoms with Crippen LogP contribution in [0.1, 0.15) is 17.5 Å². The first-order valence-electron chi connectivity index (χ1n) is 7.38. The monoisotopic (exact) mass is 310 g/mol.